The van der Waals surface area contributed by atoms with Crippen molar-refractivity contribution in [2.45, 2.75) is 12.8 Å². The fraction of sp³-hybridized carbons (Fsp3) is 0.562. The fourth-order valence-electron chi connectivity index (χ4n) is 2.77. The molecule has 1 aromatic carbocycles. The van der Waals surface area contributed by atoms with Gasteiger partial charge < -0.3 is 19.1 Å². The van der Waals surface area contributed by atoms with E-state index in [2.05, 4.69) is 0 Å². The molecule has 0 atom stereocenters. The van der Waals surface area contributed by atoms with E-state index in [-0.39, 0.29) is 5.78 Å². The number of carbonyl (C=O) groups excluding carboxylic acids is 1. The summed E-state index contributed by atoms with van der Waals surface area (Å²) in [7, 11) is 0. The lowest BCUT2D eigenvalue weighted by atomic mass is 10.1. The number of quaternary nitrogens is 1. The van der Waals surface area contributed by atoms with Gasteiger partial charge in [0.15, 0.2) is 17.3 Å². The zero-order chi connectivity index (χ0) is 14.5. The van der Waals surface area contributed by atoms with Crippen LogP contribution in [0.15, 0.2) is 18.2 Å². The van der Waals surface area contributed by atoms with E-state index in [4.69, 9.17) is 14.2 Å². The van der Waals surface area contributed by atoms with E-state index in [9.17, 15) is 4.79 Å². The molecule has 21 heavy (non-hydrogen) atoms. The van der Waals surface area contributed by atoms with Crippen molar-refractivity contribution in [3.8, 4) is 11.5 Å². The Balaban J connectivity index is 1.50. The number of hydrogen-bond acceptors (Lipinski definition) is 4. The molecule has 0 amide bonds. The molecule has 5 heteroatoms. The number of carbonyl (C=O) groups is 1. The zero-order valence-electron chi connectivity index (χ0n) is 12.2. The Morgan fingerprint density at radius 3 is 2.62 bits per heavy atom. The standard InChI is InChI=1S/C16H21NO4/c18-14(2-1-5-17-6-8-19-9-7-17)13-3-4-15-16(12-13)21-11-10-20-15/h3-4,12H,1-2,5-11H2/p+1. The van der Waals surface area contributed by atoms with Gasteiger partial charge in [-0.15, -0.1) is 0 Å². The van der Waals surface area contributed by atoms with Gasteiger partial charge in [-0.25, -0.2) is 0 Å². The summed E-state index contributed by atoms with van der Waals surface area (Å²) in [6.45, 7) is 5.95. The second kappa shape index (κ2) is 6.91. The van der Waals surface area contributed by atoms with Crippen LogP contribution in [0.3, 0.4) is 0 Å². The Morgan fingerprint density at radius 2 is 1.81 bits per heavy atom. The molecule has 0 saturated carbocycles. The lowest BCUT2D eigenvalue weighted by molar-refractivity contribution is -0.908. The number of benzene rings is 1. The van der Waals surface area contributed by atoms with Crippen molar-refractivity contribution < 1.29 is 23.9 Å². The van der Waals surface area contributed by atoms with Crippen LogP contribution in [0.1, 0.15) is 23.2 Å². The van der Waals surface area contributed by atoms with Gasteiger partial charge in [-0.1, -0.05) is 0 Å². The van der Waals surface area contributed by atoms with Crippen molar-refractivity contribution >= 4 is 5.78 Å². The highest BCUT2D eigenvalue weighted by molar-refractivity contribution is 5.96. The molecular weight excluding hydrogens is 270 g/mol. The Bertz CT molecular complexity index is 497. The summed E-state index contributed by atoms with van der Waals surface area (Å²) in [4.78, 5) is 13.8. The maximum Gasteiger partial charge on any atom is 0.163 e. The predicted molar refractivity (Wildman–Crippen MR) is 77.4 cm³/mol. The quantitative estimate of drug-likeness (QED) is 0.795. The Kier molecular flexibility index (Phi) is 4.72. The molecule has 3 rings (SSSR count). The van der Waals surface area contributed by atoms with E-state index < -0.39 is 0 Å². The van der Waals surface area contributed by atoms with Gasteiger partial charge in [-0.05, 0) is 18.2 Å². The number of ether oxygens (including phenoxy) is 3. The molecule has 2 heterocycles. The number of ketones is 1. The average Bonchev–Trinajstić information content (AvgIpc) is 2.55. The van der Waals surface area contributed by atoms with Crippen molar-refractivity contribution in [2.75, 3.05) is 46.1 Å². The average molecular weight is 292 g/mol. The van der Waals surface area contributed by atoms with Gasteiger partial charge in [0.05, 0.1) is 19.8 Å². The first kappa shape index (κ1) is 14.4. The number of hydrogen-bond donors (Lipinski definition) is 1. The Hall–Kier alpha value is -1.59. The van der Waals surface area contributed by atoms with Crippen LogP contribution in [0.5, 0.6) is 11.5 Å². The topological polar surface area (TPSA) is 49.2 Å². The molecule has 0 spiro atoms. The van der Waals surface area contributed by atoms with E-state index in [1.807, 2.05) is 12.1 Å². The van der Waals surface area contributed by atoms with Crippen molar-refractivity contribution in [3.63, 3.8) is 0 Å². The van der Waals surface area contributed by atoms with E-state index in [0.717, 1.165) is 50.6 Å². The van der Waals surface area contributed by atoms with E-state index in [1.165, 1.54) is 4.90 Å². The van der Waals surface area contributed by atoms with Crippen LogP contribution < -0.4 is 14.4 Å². The molecule has 0 bridgehead atoms. The van der Waals surface area contributed by atoms with Crippen molar-refractivity contribution in [1.29, 1.82) is 0 Å². The fourth-order valence-corrected chi connectivity index (χ4v) is 2.77. The maximum absolute atomic E-state index is 12.2. The van der Waals surface area contributed by atoms with Gasteiger partial charge in [0.25, 0.3) is 0 Å². The highest BCUT2D eigenvalue weighted by atomic mass is 16.6. The zero-order valence-corrected chi connectivity index (χ0v) is 12.2. The van der Waals surface area contributed by atoms with Gasteiger partial charge in [0.2, 0.25) is 0 Å². The van der Waals surface area contributed by atoms with Crippen LogP contribution in [0.2, 0.25) is 0 Å². The molecule has 2 aliphatic rings. The lowest BCUT2D eigenvalue weighted by Gasteiger charge is -2.23. The molecule has 0 aliphatic carbocycles. The molecule has 114 valence electrons. The van der Waals surface area contributed by atoms with Crippen molar-refractivity contribution in [1.82, 2.24) is 0 Å². The van der Waals surface area contributed by atoms with Gasteiger partial charge >= 0.3 is 0 Å². The van der Waals surface area contributed by atoms with Crippen LogP contribution in [-0.4, -0.2) is 51.8 Å². The number of fused-ring (bicyclic) bond motifs is 1. The minimum atomic E-state index is 0.180. The second-order valence-corrected chi connectivity index (χ2v) is 5.50. The van der Waals surface area contributed by atoms with Crippen LogP contribution in [0, 0.1) is 0 Å². The first-order chi connectivity index (χ1) is 10.3. The number of Topliss-reactive ketones (excluding diaryl/α,β-unsaturated/α-hetero) is 1. The highest BCUT2D eigenvalue weighted by Gasteiger charge is 2.17. The first-order valence-electron chi connectivity index (χ1n) is 7.67. The summed E-state index contributed by atoms with van der Waals surface area (Å²) in [5.74, 6) is 1.60. The van der Waals surface area contributed by atoms with Gasteiger partial charge in [0, 0.05) is 18.4 Å². The minimum absolute atomic E-state index is 0.180. The van der Waals surface area contributed by atoms with E-state index >= 15 is 0 Å². The molecule has 0 aromatic heterocycles. The number of nitrogens with one attached hydrogen (secondary N) is 1. The van der Waals surface area contributed by atoms with E-state index in [0.29, 0.717) is 25.4 Å². The summed E-state index contributed by atoms with van der Waals surface area (Å²) < 4.78 is 16.3. The maximum atomic E-state index is 12.2. The van der Waals surface area contributed by atoms with Crippen LogP contribution >= 0.6 is 0 Å². The predicted octanol–water partition coefficient (Wildman–Crippen LogP) is 0.336. The second-order valence-electron chi connectivity index (χ2n) is 5.50. The van der Waals surface area contributed by atoms with Crippen LogP contribution in [0.4, 0.5) is 0 Å². The third-order valence-electron chi connectivity index (χ3n) is 4.00. The molecule has 1 N–H and O–H groups in total. The summed E-state index contributed by atoms with van der Waals surface area (Å²) in [5, 5.41) is 0. The van der Waals surface area contributed by atoms with Crippen LogP contribution in [0.25, 0.3) is 0 Å². The van der Waals surface area contributed by atoms with Gasteiger partial charge in [0.1, 0.15) is 26.3 Å². The molecule has 1 saturated heterocycles. The summed E-state index contributed by atoms with van der Waals surface area (Å²) in [5.41, 5.74) is 0.719. The highest BCUT2D eigenvalue weighted by Crippen LogP contribution is 2.31. The summed E-state index contributed by atoms with van der Waals surface area (Å²) in [6.07, 6.45) is 1.51. The molecule has 1 aromatic rings. The summed E-state index contributed by atoms with van der Waals surface area (Å²) in [6, 6.07) is 5.46. The monoisotopic (exact) mass is 292 g/mol. The third kappa shape index (κ3) is 3.74. The molecular formula is C16H22NO4+. The molecule has 5 nitrogen and oxygen atoms in total. The molecule has 2 aliphatic heterocycles. The van der Waals surface area contributed by atoms with Gasteiger partial charge in [-0.3, -0.25) is 4.79 Å². The number of rotatable bonds is 5. The molecule has 1 fully saturated rings. The first-order valence-corrected chi connectivity index (χ1v) is 7.67. The minimum Gasteiger partial charge on any atom is -0.486 e. The smallest absolute Gasteiger partial charge is 0.163 e. The largest absolute Gasteiger partial charge is 0.486 e. The Morgan fingerprint density at radius 1 is 1.05 bits per heavy atom. The van der Waals surface area contributed by atoms with Gasteiger partial charge in [-0.2, -0.15) is 0 Å². The lowest BCUT2D eigenvalue weighted by Crippen LogP contribution is -3.14. The molecule has 0 radical (unpaired) electrons. The van der Waals surface area contributed by atoms with Crippen LogP contribution in [-0.2, 0) is 4.74 Å². The Labute approximate surface area is 124 Å². The number of morpholine rings is 1. The van der Waals surface area contributed by atoms with E-state index in [1.54, 1.807) is 6.07 Å². The third-order valence-corrected chi connectivity index (χ3v) is 4.00. The summed E-state index contributed by atoms with van der Waals surface area (Å²) >= 11 is 0. The van der Waals surface area contributed by atoms with Crippen molar-refractivity contribution in [3.05, 3.63) is 23.8 Å². The SMILES string of the molecule is O=C(CCC[NH+]1CCOCC1)c1ccc2c(c1)OCCO2. The van der Waals surface area contributed by atoms with Crippen molar-refractivity contribution in [2.24, 2.45) is 0 Å². The normalized spacial score (nSPS) is 18.5. The molecule has 0 unspecified atom stereocenters.